The van der Waals surface area contributed by atoms with Crippen molar-refractivity contribution >= 4 is 5.91 Å². The van der Waals surface area contributed by atoms with Crippen LogP contribution in [0.1, 0.15) is 57.9 Å². The molecule has 0 unspecified atom stereocenters. The molecule has 0 atom stereocenters. The summed E-state index contributed by atoms with van der Waals surface area (Å²) >= 11 is 0. The van der Waals surface area contributed by atoms with Crippen LogP contribution in [0.25, 0.3) is 0 Å². The van der Waals surface area contributed by atoms with Gasteiger partial charge in [0, 0.05) is 33.2 Å². The third-order valence-corrected chi connectivity index (χ3v) is 5.94. The van der Waals surface area contributed by atoms with E-state index in [2.05, 4.69) is 43.0 Å². The summed E-state index contributed by atoms with van der Waals surface area (Å²) in [6, 6.07) is 8.47. The molecule has 0 radical (unpaired) electrons. The maximum Gasteiger partial charge on any atom is 0.228 e. The van der Waals surface area contributed by atoms with E-state index < -0.39 is 0 Å². The van der Waals surface area contributed by atoms with Gasteiger partial charge in [0.15, 0.2) is 0 Å². The fourth-order valence-corrected chi connectivity index (χ4v) is 3.92. The second-order valence-electron chi connectivity index (χ2n) is 9.29. The molecule has 0 N–H and O–H groups in total. The molecule has 1 aromatic carbocycles. The first-order valence-electron chi connectivity index (χ1n) is 11.2. The zero-order chi connectivity index (χ0) is 19.9. The Bertz CT molecular complexity index is 604. The van der Waals surface area contributed by atoms with Gasteiger partial charge >= 0.3 is 0 Å². The molecular formula is C24H38N2O2. The number of hydrogen-bond donors (Lipinski definition) is 0. The van der Waals surface area contributed by atoms with E-state index in [1.807, 2.05) is 11.9 Å². The third kappa shape index (κ3) is 6.80. The van der Waals surface area contributed by atoms with Gasteiger partial charge in [0.25, 0.3) is 0 Å². The molecule has 1 saturated heterocycles. The fourth-order valence-electron chi connectivity index (χ4n) is 3.92. The van der Waals surface area contributed by atoms with Gasteiger partial charge in [-0.25, -0.2) is 0 Å². The third-order valence-electron chi connectivity index (χ3n) is 5.94. The zero-order valence-corrected chi connectivity index (χ0v) is 18.0. The molecule has 0 spiro atoms. The van der Waals surface area contributed by atoms with Crippen LogP contribution in [0.4, 0.5) is 0 Å². The molecule has 1 saturated carbocycles. The highest BCUT2D eigenvalue weighted by atomic mass is 16.5. The molecule has 0 bridgehead atoms. The molecular weight excluding hydrogens is 348 g/mol. The van der Waals surface area contributed by atoms with Crippen molar-refractivity contribution in [2.45, 2.75) is 58.9 Å². The number of ether oxygens (including phenoxy) is 1. The van der Waals surface area contributed by atoms with E-state index in [4.69, 9.17) is 4.74 Å². The minimum Gasteiger partial charge on any atom is -0.494 e. The first-order valence-corrected chi connectivity index (χ1v) is 11.2. The van der Waals surface area contributed by atoms with Crippen LogP contribution in [0.3, 0.4) is 0 Å². The van der Waals surface area contributed by atoms with Crippen LogP contribution < -0.4 is 4.74 Å². The maximum absolute atomic E-state index is 12.4. The average Bonchev–Trinajstić information content (AvgIpc) is 3.45. The molecule has 1 aromatic rings. The fraction of sp³-hybridized carbons (Fsp3) is 0.708. The SMILES string of the molecule is CC(C)CCCCCOc1ccc(CN2CC(C(=O)N(C)CC3CC3)C2)cc1. The summed E-state index contributed by atoms with van der Waals surface area (Å²) in [6.07, 6.45) is 7.59. The van der Waals surface area contributed by atoms with Gasteiger partial charge in [0.05, 0.1) is 12.5 Å². The summed E-state index contributed by atoms with van der Waals surface area (Å²) in [7, 11) is 1.96. The summed E-state index contributed by atoms with van der Waals surface area (Å²) in [5.41, 5.74) is 1.29. The van der Waals surface area contributed by atoms with Crippen LogP contribution in [0.15, 0.2) is 24.3 Å². The van der Waals surface area contributed by atoms with E-state index in [-0.39, 0.29) is 5.92 Å². The van der Waals surface area contributed by atoms with Crippen molar-refractivity contribution < 1.29 is 9.53 Å². The summed E-state index contributed by atoms with van der Waals surface area (Å²) in [5, 5.41) is 0. The number of nitrogens with zero attached hydrogens (tertiary/aromatic N) is 2. The molecule has 4 nitrogen and oxygen atoms in total. The van der Waals surface area contributed by atoms with Crippen LogP contribution in [-0.2, 0) is 11.3 Å². The number of hydrogen-bond acceptors (Lipinski definition) is 3. The largest absolute Gasteiger partial charge is 0.494 e. The molecule has 0 aromatic heterocycles. The molecule has 1 amide bonds. The molecule has 1 heterocycles. The monoisotopic (exact) mass is 386 g/mol. The first-order chi connectivity index (χ1) is 13.5. The van der Waals surface area contributed by atoms with E-state index in [1.165, 1.54) is 37.7 Å². The summed E-state index contributed by atoms with van der Waals surface area (Å²) < 4.78 is 5.86. The van der Waals surface area contributed by atoms with Crippen LogP contribution in [0.2, 0.25) is 0 Å². The highest BCUT2D eigenvalue weighted by Gasteiger charge is 2.35. The Hall–Kier alpha value is -1.55. The highest BCUT2D eigenvalue weighted by molar-refractivity contribution is 5.80. The Labute approximate surface area is 171 Å². The topological polar surface area (TPSA) is 32.8 Å². The highest BCUT2D eigenvalue weighted by Crippen LogP contribution is 2.30. The molecule has 2 aliphatic rings. The molecule has 1 aliphatic carbocycles. The molecule has 2 fully saturated rings. The quantitative estimate of drug-likeness (QED) is 0.493. The van der Waals surface area contributed by atoms with E-state index in [0.717, 1.165) is 56.8 Å². The van der Waals surface area contributed by atoms with Gasteiger partial charge in [-0.15, -0.1) is 0 Å². The Morgan fingerprint density at radius 3 is 2.50 bits per heavy atom. The van der Waals surface area contributed by atoms with Gasteiger partial charge in [-0.1, -0.05) is 45.2 Å². The van der Waals surface area contributed by atoms with Crippen LogP contribution >= 0.6 is 0 Å². The lowest BCUT2D eigenvalue weighted by Crippen LogP contribution is -2.53. The van der Waals surface area contributed by atoms with Crippen molar-refractivity contribution in [2.75, 3.05) is 33.3 Å². The van der Waals surface area contributed by atoms with Crippen LogP contribution in [-0.4, -0.2) is 49.0 Å². The Balaban J connectivity index is 1.29. The molecule has 156 valence electrons. The average molecular weight is 387 g/mol. The predicted octanol–water partition coefficient (Wildman–Crippen LogP) is 4.58. The number of unbranched alkanes of at least 4 members (excludes halogenated alkanes) is 2. The lowest BCUT2D eigenvalue weighted by molar-refractivity contribution is -0.140. The number of amides is 1. The minimum atomic E-state index is 0.196. The summed E-state index contributed by atoms with van der Waals surface area (Å²) in [5.74, 6) is 3.07. The standard InChI is InChI=1S/C24H38N2O2/c1-19(2)7-5-4-6-14-28-23-12-10-21(11-13-23)16-26-17-22(18-26)24(27)25(3)15-20-8-9-20/h10-13,19-20,22H,4-9,14-18H2,1-3H3. The normalized spacial score (nSPS) is 17.6. The minimum absolute atomic E-state index is 0.196. The predicted molar refractivity (Wildman–Crippen MR) is 114 cm³/mol. The number of rotatable bonds is 12. The van der Waals surface area contributed by atoms with Gasteiger partial charge in [0.1, 0.15) is 5.75 Å². The van der Waals surface area contributed by atoms with E-state index in [9.17, 15) is 4.79 Å². The number of benzene rings is 1. The van der Waals surface area contributed by atoms with Crippen molar-refractivity contribution in [1.82, 2.24) is 9.80 Å². The van der Waals surface area contributed by atoms with Gasteiger partial charge in [-0.3, -0.25) is 9.69 Å². The molecule has 3 rings (SSSR count). The van der Waals surface area contributed by atoms with Gasteiger partial charge < -0.3 is 9.64 Å². The number of carbonyl (C=O) groups excluding carboxylic acids is 1. The number of carbonyl (C=O) groups is 1. The molecule has 1 aliphatic heterocycles. The summed E-state index contributed by atoms with van der Waals surface area (Å²) in [4.78, 5) is 16.7. The van der Waals surface area contributed by atoms with E-state index in [1.54, 1.807) is 0 Å². The lowest BCUT2D eigenvalue weighted by atomic mass is 9.97. The van der Waals surface area contributed by atoms with Crippen molar-refractivity contribution in [2.24, 2.45) is 17.8 Å². The second-order valence-corrected chi connectivity index (χ2v) is 9.29. The molecule has 28 heavy (non-hydrogen) atoms. The lowest BCUT2D eigenvalue weighted by Gasteiger charge is -2.40. The molecule has 4 heteroatoms. The van der Waals surface area contributed by atoms with Gasteiger partial charge in [-0.2, -0.15) is 0 Å². The van der Waals surface area contributed by atoms with Crippen molar-refractivity contribution in [3.8, 4) is 5.75 Å². The van der Waals surface area contributed by atoms with Gasteiger partial charge in [0.2, 0.25) is 5.91 Å². The zero-order valence-electron chi connectivity index (χ0n) is 18.0. The summed E-state index contributed by atoms with van der Waals surface area (Å²) in [6.45, 7) is 9.03. The Morgan fingerprint density at radius 1 is 1.14 bits per heavy atom. The smallest absolute Gasteiger partial charge is 0.228 e. The Kier molecular flexibility index (Phi) is 7.78. The van der Waals surface area contributed by atoms with Crippen LogP contribution in [0.5, 0.6) is 5.75 Å². The van der Waals surface area contributed by atoms with E-state index in [0.29, 0.717) is 5.91 Å². The van der Waals surface area contributed by atoms with E-state index >= 15 is 0 Å². The van der Waals surface area contributed by atoms with Crippen molar-refractivity contribution in [3.63, 3.8) is 0 Å². The second kappa shape index (κ2) is 10.3. The van der Waals surface area contributed by atoms with Crippen molar-refractivity contribution in [3.05, 3.63) is 29.8 Å². The maximum atomic E-state index is 12.4. The Morgan fingerprint density at radius 2 is 1.86 bits per heavy atom. The first kappa shape index (κ1) is 21.2. The van der Waals surface area contributed by atoms with Crippen molar-refractivity contribution in [1.29, 1.82) is 0 Å². The number of likely N-dealkylation sites (tertiary alicyclic amines) is 1. The van der Waals surface area contributed by atoms with Crippen LogP contribution in [0, 0.1) is 17.8 Å². The van der Waals surface area contributed by atoms with Gasteiger partial charge in [-0.05, 0) is 48.8 Å².